The van der Waals surface area contributed by atoms with E-state index in [2.05, 4.69) is 64.0 Å². The van der Waals surface area contributed by atoms with E-state index >= 15 is 0 Å². The molecule has 0 fully saturated rings. The molecule has 4 nitrogen and oxygen atoms in total. The Morgan fingerprint density at radius 1 is 0.600 bits per heavy atom. The molecular weight excluding hydrogens is 372 g/mol. The van der Waals surface area contributed by atoms with E-state index < -0.39 is 0 Å². The van der Waals surface area contributed by atoms with Crippen LogP contribution in [0.25, 0.3) is 0 Å². The molecular formula is C26H36N2O2. The van der Waals surface area contributed by atoms with Gasteiger partial charge in [0.25, 0.3) is 0 Å². The quantitative estimate of drug-likeness (QED) is 0.215. The van der Waals surface area contributed by atoms with Gasteiger partial charge in [0, 0.05) is 11.1 Å². The minimum absolute atomic E-state index is 1.03. The third kappa shape index (κ3) is 5.50. The largest absolute Gasteiger partial charge is 0.411 e. The van der Waals surface area contributed by atoms with Gasteiger partial charge in [-0.25, -0.2) is 0 Å². The molecule has 0 aliphatic rings. The fraction of sp³-hybridized carbons (Fsp3) is 0.462. The molecule has 162 valence electrons. The Bertz CT molecular complexity index is 866. The van der Waals surface area contributed by atoms with Crippen LogP contribution in [-0.4, -0.2) is 22.8 Å². The van der Waals surface area contributed by atoms with Crippen LogP contribution >= 0.6 is 0 Å². The first kappa shape index (κ1) is 23.7. The molecule has 0 radical (unpaired) electrons. The predicted molar refractivity (Wildman–Crippen MR) is 126 cm³/mol. The van der Waals surface area contributed by atoms with Crippen LogP contribution < -0.4 is 0 Å². The SMILES string of the molecule is Cc1cc(C)c(CCCCCCc2c(C)cc(C)c(C=NO)c2C)c(C)c1C=NO. The maximum Gasteiger partial charge on any atom is 0.0739 e. The van der Waals surface area contributed by atoms with E-state index in [1.54, 1.807) is 12.4 Å². The van der Waals surface area contributed by atoms with E-state index in [9.17, 15) is 0 Å². The summed E-state index contributed by atoms with van der Waals surface area (Å²) in [7, 11) is 0. The lowest BCUT2D eigenvalue weighted by Gasteiger charge is -2.16. The average molecular weight is 409 g/mol. The van der Waals surface area contributed by atoms with Crippen molar-refractivity contribution >= 4 is 12.4 Å². The first-order valence-corrected chi connectivity index (χ1v) is 10.9. The minimum Gasteiger partial charge on any atom is -0.411 e. The number of unbranched alkanes of at least 4 members (excludes halogenated alkanes) is 3. The lowest BCUT2D eigenvalue weighted by atomic mass is 9.89. The van der Waals surface area contributed by atoms with Crippen molar-refractivity contribution in [2.75, 3.05) is 0 Å². The Hall–Kier alpha value is -2.62. The highest BCUT2D eigenvalue weighted by Gasteiger charge is 2.11. The molecule has 30 heavy (non-hydrogen) atoms. The summed E-state index contributed by atoms with van der Waals surface area (Å²) in [6.07, 6.45) is 9.94. The molecule has 2 aromatic carbocycles. The van der Waals surface area contributed by atoms with Gasteiger partial charge in [-0.3, -0.25) is 0 Å². The second-order valence-electron chi connectivity index (χ2n) is 8.46. The van der Waals surface area contributed by atoms with Gasteiger partial charge in [0.15, 0.2) is 0 Å². The van der Waals surface area contributed by atoms with Crippen LogP contribution in [0.3, 0.4) is 0 Å². The zero-order valence-electron chi connectivity index (χ0n) is 19.3. The number of benzene rings is 2. The minimum atomic E-state index is 1.03. The maximum atomic E-state index is 8.95. The molecule has 0 aromatic heterocycles. The van der Waals surface area contributed by atoms with Crippen molar-refractivity contribution in [3.05, 3.63) is 67.8 Å². The van der Waals surface area contributed by atoms with Gasteiger partial charge >= 0.3 is 0 Å². The first-order valence-electron chi connectivity index (χ1n) is 10.9. The van der Waals surface area contributed by atoms with Crippen LogP contribution in [0.4, 0.5) is 0 Å². The number of oxime groups is 2. The monoisotopic (exact) mass is 408 g/mol. The first-order chi connectivity index (χ1) is 14.3. The molecule has 0 aliphatic carbocycles. The normalized spacial score (nSPS) is 11.8. The molecule has 0 saturated heterocycles. The summed E-state index contributed by atoms with van der Waals surface area (Å²) >= 11 is 0. The molecule has 4 heteroatoms. The molecule has 0 saturated carbocycles. The van der Waals surface area contributed by atoms with Crippen LogP contribution in [0.15, 0.2) is 22.4 Å². The van der Waals surface area contributed by atoms with Crippen molar-refractivity contribution in [3.63, 3.8) is 0 Å². The van der Waals surface area contributed by atoms with E-state index in [1.165, 1.54) is 46.2 Å². The van der Waals surface area contributed by atoms with Gasteiger partial charge in [-0.15, -0.1) is 0 Å². The second kappa shape index (κ2) is 11.0. The van der Waals surface area contributed by atoms with Gasteiger partial charge in [0.2, 0.25) is 0 Å². The zero-order valence-corrected chi connectivity index (χ0v) is 19.3. The second-order valence-corrected chi connectivity index (χ2v) is 8.46. The fourth-order valence-electron chi connectivity index (χ4n) is 4.73. The van der Waals surface area contributed by atoms with Crippen LogP contribution in [0.1, 0.15) is 81.3 Å². The number of rotatable bonds is 9. The van der Waals surface area contributed by atoms with E-state index in [4.69, 9.17) is 10.4 Å². The molecule has 0 heterocycles. The Morgan fingerprint density at radius 3 is 1.30 bits per heavy atom. The van der Waals surface area contributed by atoms with Crippen LogP contribution in [0, 0.1) is 41.5 Å². The van der Waals surface area contributed by atoms with Crippen molar-refractivity contribution in [1.82, 2.24) is 0 Å². The van der Waals surface area contributed by atoms with Crippen molar-refractivity contribution in [1.29, 1.82) is 0 Å². The molecule has 0 unspecified atom stereocenters. The fourth-order valence-corrected chi connectivity index (χ4v) is 4.73. The molecule has 0 spiro atoms. The van der Waals surface area contributed by atoms with Gasteiger partial charge in [-0.1, -0.05) is 35.3 Å². The van der Waals surface area contributed by atoms with Crippen molar-refractivity contribution in [2.24, 2.45) is 10.3 Å². The average Bonchev–Trinajstić information content (AvgIpc) is 2.69. The smallest absolute Gasteiger partial charge is 0.0739 e. The third-order valence-electron chi connectivity index (χ3n) is 6.36. The van der Waals surface area contributed by atoms with Gasteiger partial charge < -0.3 is 10.4 Å². The van der Waals surface area contributed by atoms with Crippen LogP contribution in [0.2, 0.25) is 0 Å². The Labute approximate surface area is 181 Å². The van der Waals surface area contributed by atoms with Crippen molar-refractivity contribution in [3.8, 4) is 0 Å². The van der Waals surface area contributed by atoms with E-state index in [0.717, 1.165) is 47.9 Å². The van der Waals surface area contributed by atoms with Crippen molar-refractivity contribution in [2.45, 2.75) is 80.1 Å². The Kier molecular flexibility index (Phi) is 8.64. The highest BCUT2D eigenvalue weighted by atomic mass is 16.4. The van der Waals surface area contributed by atoms with Crippen LogP contribution in [0.5, 0.6) is 0 Å². The maximum absolute atomic E-state index is 8.95. The lowest BCUT2D eigenvalue weighted by Crippen LogP contribution is -2.03. The molecule has 2 aromatic rings. The summed E-state index contributed by atoms with van der Waals surface area (Å²) in [5.41, 5.74) is 12.2. The number of aryl methyl sites for hydroxylation is 4. The standard InChI is InChI=1S/C26H36N2O2/c1-17-13-19(3)25(15-27-29)21(5)23(17)11-9-7-8-10-12-24-18(2)14-20(4)26(16-28-30)22(24)6/h13-16,29-30H,7-12H2,1-6H3. The molecule has 0 bridgehead atoms. The summed E-state index contributed by atoms with van der Waals surface area (Å²) in [5, 5.41) is 24.4. The summed E-state index contributed by atoms with van der Waals surface area (Å²) < 4.78 is 0. The summed E-state index contributed by atoms with van der Waals surface area (Å²) in [6, 6.07) is 4.38. The number of hydrogen-bond acceptors (Lipinski definition) is 4. The van der Waals surface area contributed by atoms with Gasteiger partial charge in [-0.05, 0) is 112 Å². The van der Waals surface area contributed by atoms with Crippen LogP contribution in [-0.2, 0) is 12.8 Å². The summed E-state index contributed by atoms with van der Waals surface area (Å²) in [5.74, 6) is 0. The summed E-state index contributed by atoms with van der Waals surface area (Å²) in [6.45, 7) is 12.7. The Morgan fingerprint density at radius 2 is 0.967 bits per heavy atom. The molecule has 0 amide bonds. The molecule has 2 N–H and O–H groups in total. The van der Waals surface area contributed by atoms with Crippen molar-refractivity contribution < 1.29 is 10.4 Å². The number of hydrogen-bond donors (Lipinski definition) is 2. The van der Waals surface area contributed by atoms with Gasteiger partial charge in [0.05, 0.1) is 12.4 Å². The Balaban J connectivity index is 1.94. The third-order valence-corrected chi connectivity index (χ3v) is 6.36. The molecule has 0 atom stereocenters. The predicted octanol–water partition coefficient (Wildman–Crippen LogP) is 6.50. The summed E-state index contributed by atoms with van der Waals surface area (Å²) in [4.78, 5) is 0. The van der Waals surface area contributed by atoms with E-state index in [1.807, 2.05) is 0 Å². The zero-order chi connectivity index (χ0) is 22.3. The molecule has 2 rings (SSSR count). The van der Waals surface area contributed by atoms with E-state index in [-0.39, 0.29) is 0 Å². The van der Waals surface area contributed by atoms with E-state index in [0.29, 0.717) is 0 Å². The lowest BCUT2D eigenvalue weighted by molar-refractivity contribution is 0.321. The van der Waals surface area contributed by atoms with Gasteiger partial charge in [0.1, 0.15) is 0 Å². The highest BCUT2D eigenvalue weighted by Crippen LogP contribution is 2.25. The topological polar surface area (TPSA) is 65.2 Å². The number of nitrogens with zero attached hydrogens (tertiary/aromatic N) is 2. The van der Waals surface area contributed by atoms with Gasteiger partial charge in [-0.2, -0.15) is 0 Å². The highest BCUT2D eigenvalue weighted by molar-refractivity contribution is 5.84. The molecule has 0 aliphatic heterocycles.